The zero-order chi connectivity index (χ0) is 36.1. The van der Waals surface area contributed by atoms with Crippen molar-refractivity contribution in [1.29, 1.82) is 0 Å². The van der Waals surface area contributed by atoms with Crippen molar-refractivity contribution in [2.45, 2.75) is 140 Å². The van der Waals surface area contributed by atoms with Gasteiger partial charge >= 0.3 is 0 Å². The van der Waals surface area contributed by atoms with Crippen LogP contribution in [-0.2, 0) is 12.8 Å². The molecule has 0 saturated heterocycles. The molecular formula is C46H77N. The van der Waals surface area contributed by atoms with Crippen LogP contribution in [0, 0.1) is 52.3 Å². The quantitative estimate of drug-likeness (QED) is 0.188. The molecule has 2 fully saturated rings. The lowest BCUT2D eigenvalue weighted by atomic mass is 9.68. The summed E-state index contributed by atoms with van der Waals surface area (Å²) in [5.74, 6) is 4.96. The van der Waals surface area contributed by atoms with E-state index in [1.807, 2.05) is 13.8 Å². The fourth-order valence-corrected chi connectivity index (χ4v) is 8.38. The van der Waals surface area contributed by atoms with E-state index in [2.05, 4.69) is 119 Å². The summed E-state index contributed by atoms with van der Waals surface area (Å²) in [5, 5.41) is 0. The number of benzene rings is 1. The number of allylic oxidation sites excluding steroid dienone is 4. The molecule has 0 aliphatic heterocycles. The van der Waals surface area contributed by atoms with Gasteiger partial charge in [0.15, 0.2) is 0 Å². The fourth-order valence-electron chi connectivity index (χ4n) is 8.38. The standard InChI is InChI=1S/C35H52.C5H12.C4H8.C2H5N/c1-9-33-34(35(33,7)8)32(31(25(5)23(2)3)20-27-15-11-10-12-16-27)19-24(4)26(6)30-21-28-17-13-14-18-29(28)22-30;1-5(2,3)4;1-4(2)3;1-2-3/h13-14,17-18,26-27,30-34H,2,4-5,9-12,15-16,19-22H2,1,3,6-8H3;1-4H3;1H2,2-3H3;2H,1,3H2. The van der Waals surface area contributed by atoms with Crippen molar-refractivity contribution in [2.24, 2.45) is 58.0 Å². The van der Waals surface area contributed by atoms with Crippen molar-refractivity contribution in [1.82, 2.24) is 0 Å². The van der Waals surface area contributed by atoms with Crippen molar-refractivity contribution < 1.29 is 0 Å². The van der Waals surface area contributed by atoms with Gasteiger partial charge in [0.05, 0.1) is 0 Å². The molecule has 1 aromatic rings. The maximum absolute atomic E-state index is 4.79. The van der Waals surface area contributed by atoms with E-state index in [0.29, 0.717) is 34.5 Å². The average molecular weight is 644 g/mol. The van der Waals surface area contributed by atoms with E-state index in [0.717, 1.165) is 17.8 Å². The molecule has 0 amide bonds. The van der Waals surface area contributed by atoms with Crippen molar-refractivity contribution in [3.8, 4) is 0 Å². The maximum Gasteiger partial charge on any atom is -0.0128 e. The van der Waals surface area contributed by atoms with Gasteiger partial charge in [-0.05, 0) is 122 Å². The highest BCUT2D eigenvalue weighted by Gasteiger charge is 2.60. The van der Waals surface area contributed by atoms with E-state index in [1.165, 1.54) is 92.7 Å². The average Bonchev–Trinajstić information content (AvgIpc) is 3.29. The normalized spacial score (nSPS) is 21.9. The van der Waals surface area contributed by atoms with Crippen molar-refractivity contribution in [3.63, 3.8) is 0 Å². The molecule has 0 radical (unpaired) electrons. The van der Waals surface area contributed by atoms with E-state index < -0.39 is 0 Å². The van der Waals surface area contributed by atoms with Crippen LogP contribution in [-0.4, -0.2) is 0 Å². The molecule has 4 rings (SSSR count). The fraction of sp³-hybridized carbons (Fsp3) is 0.652. The Balaban J connectivity index is 0.000000794. The number of nitrogens with two attached hydrogens (primary N) is 1. The molecule has 2 N–H and O–H groups in total. The zero-order valence-corrected chi connectivity index (χ0v) is 33.1. The van der Waals surface area contributed by atoms with E-state index in [4.69, 9.17) is 6.58 Å². The molecule has 3 aliphatic carbocycles. The minimum Gasteiger partial charge on any atom is -0.405 e. The van der Waals surface area contributed by atoms with E-state index >= 15 is 0 Å². The molecule has 266 valence electrons. The minimum absolute atomic E-state index is 0.437. The Morgan fingerprint density at radius 3 is 1.77 bits per heavy atom. The molecule has 2 saturated carbocycles. The molecule has 1 nitrogen and oxygen atoms in total. The first-order chi connectivity index (χ1) is 21.8. The second-order valence-electron chi connectivity index (χ2n) is 17.7. The SMILES string of the molecule is C=C(C)C.C=C(C)C(=C)C(CC1CCCCC1)C(CC(=C)C(C)C1Cc2ccccc2C1)C1C(CC)C1(C)C.C=CN.CC(C)(C)C. The molecule has 5 atom stereocenters. The summed E-state index contributed by atoms with van der Waals surface area (Å²) < 4.78 is 0. The largest absolute Gasteiger partial charge is 0.405 e. The summed E-state index contributed by atoms with van der Waals surface area (Å²) in [7, 11) is 0. The molecule has 47 heavy (non-hydrogen) atoms. The van der Waals surface area contributed by atoms with Crippen molar-refractivity contribution in [2.75, 3.05) is 0 Å². The van der Waals surface area contributed by atoms with Crippen LogP contribution in [0.2, 0.25) is 0 Å². The topological polar surface area (TPSA) is 26.0 Å². The predicted octanol–water partition coefficient (Wildman–Crippen LogP) is 13.7. The van der Waals surface area contributed by atoms with Crippen molar-refractivity contribution >= 4 is 0 Å². The molecule has 0 spiro atoms. The van der Waals surface area contributed by atoms with Crippen LogP contribution in [0.1, 0.15) is 139 Å². The molecule has 0 heterocycles. The summed E-state index contributed by atoms with van der Waals surface area (Å²) >= 11 is 0. The van der Waals surface area contributed by atoms with E-state index in [-0.39, 0.29) is 0 Å². The Labute approximate surface area is 294 Å². The van der Waals surface area contributed by atoms with Crippen molar-refractivity contribution in [3.05, 3.63) is 96.8 Å². The second-order valence-corrected chi connectivity index (χ2v) is 17.7. The molecule has 5 unspecified atom stereocenters. The van der Waals surface area contributed by atoms with Crippen LogP contribution in [0.3, 0.4) is 0 Å². The Hall–Kier alpha value is -2.28. The van der Waals surface area contributed by atoms with Gasteiger partial charge in [0.2, 0.25) is 0 Å². The van der Waals surface area contributed by atoms with Gasteiger partial charge in [0.25, 0.3) is 0 Å². The van der Waals surface area contributed by atoms with Crippen LogP contribution in [0.5, 0.6) is 0 Å². The highest BCUT2D eigenvalue weighted by molar-refractivity contribution is 5.33. The molecule has 1 aromatic carbocycles. The van der Waals surface area contributed by atoms with Gasteiger partial charge in [-0.3, -0.25) is 0 Å². The lowest BCUT2D eigenvalue weighted by Gasteiger charge is -2.36. The summed E-state index contributed by atoms with van der Waals surface area (Å²) in [6.07, 6.45) is 14.6. The van der Waals surface area contributed by atoms with Crippen LogP contribution in [0.15, 0.2) is 85.7 Å². The van der Waals surface area contributed by atoms with Gasteiger partial charge in [0, 0.05) is 0 Å². The summed E-state index contributed by atoms with van der Waals surface area (Å²) in [6.45, 7) is 45.4. The Kier molecular flexibility index (Phi) is 17.9. The molecule has 0 aromatic heterocycles. The number of hydrogen-bond donors (Lipinski definition) is 1. The first-order valence-electron chi connectivity index (χ1n) is 18.8. The molecule has 3 aliphatic rings. The summed E-state index contributed by atoms with van der Waals surface area (Å²) in [5.41, 5.74) is 13.9. The van der Waals surface area contributed by atoms with E-state index in [9.17, 15) is 0 Å². The third-order valence-electron chi connectivity index (χ3n) is 10.8. The first-order valence-corrected chi connectivity index (χ1v) is 18.8. The van der Waals surface area contributed by atoms with Gasteiger partial charge < -0.3 is 5.73 Å². The lowest BCUT2D eigenvalue weighted by molar-refractivity contribution is 0.217. The summed E-state index contributed by atoms with van der Waals surface area (Å²) in [6, 6.07) is 9.08. The highest BCUT2D eigenvalue weighted by atomic mass is 14.6. The molecule has 1 heteroatoms. The zero-order valence-electron chi connectivity index (χ0n) is 33.1. The van der Waals surface area contributed by atoms with Gasteiger partial charge in [-0.15, -0.1) is 6.58 Å². The van der Waals surface area contributed by atoms with Gasteiger partial charge in [-0.2, -0.15) is 0 Å². The predicted molar refractivity (Wildman–Crippen MR) is 213 cm³/mol. The van der Waals surface area contributed by atoms with Crippen LogP contribution < -0.4 is 5.73 Å². The smallest absolute Gasteiger partial charge is 0.0128 e. The minimum atomic E-state index is 0.437. The third kappa shape index (κ3) is 14.4. The van der Waals surface area contributed by atoms with Gasteiger partial charge in [0.1, 0.15) is 0 Å². The number of rotatable bonds is 11. The first kappa shape index (κ1) is 42.7. The van der Waals surface area contributed by atoms with E-state index in [1.54, 1.807) is 11.1 Å². The molecular weight excluding hydrogens is 567 g/mol. The molecule has 0 bridgehead atoms. The Bertz CT molecular complexity index is 1110. The van der Waals surface area contributed by atoms with Crippen LogP contribution in [0.25, 0.3) is 0 Å². The number of fused-ring (bicyclic) bond motifs is 1. The third-order valence-corrected chi connectivity index (χ3v) is 10.8. The second kappa shape index (κ2) is 19.7. The monoisotopic (exact) mass is 644 g/mol. The van der Waals surface area contributed by atoms with Gasteiger partial charge in [-0.25, -0.2) is 0 Å². The Morgan fingerprint density at radius 2 is 1.38 bits per heavy atom. The highest BCUT2D eigenvalue weighted by Crippen LogP contribution is 2.66. The lowest BCUT2D eigenvalue weighted by Crippen LogP contribution is -2.27. The number of hydrogen-bond acceptors (Lipinski definition) is 1. The maximum atomic E-state index is 4.79. The van der Waals surface area contributed by atoms with Crippen LogP contribution in [0.4, 0.5) is 0 Å². The Morgan fingerprint density at radius 1 is 0.936 bits per heavy atom. The van der Waals surface area contributed by atoms with Crippen LogP contribution >= 0.6 is 0 Å². The summed E-state index contributed by atoms with van der Waals surface area (Å²) in [4.78, 5) is 0. The van der Waals surface area contributed by atoms with Gasteiger partial charge in [-0.1, -0.05) is 161 Å².